The maximum absolute atomic E-state index is 5.99. The van der Waals surface area contributed by atoms with E-state index >= 15 is 0 Å². The number of ether oxygens (including phenoxy) is 1. The average molecular weight is 360 g/mol. The first-order chi connectivity index (χ1) is 11.7. The highest BCUT2D eigenvalue weighted by atomic mass is 35.5. The van der Waals surface area contributed by atoms with Crippen molar-refractivity contribution in [3.05, 3.63) is 70.5 Å². The van der Waals surface area contributed by atoms with E-state index in [1.165, 1.54) is 17.1 Å². The molecule has 0 saturated heterocycles. The molecular weight excluding hydrogens is 342 g/mol. The van der Waals surface area contributed by atoms with Gasteiger partial charge in [-0.25, -0.2) is 4.98 Å². The van der Waals surface area contributed by atoms with Crippen molar-refractivity contribution < 1.29 is 4.74 Å². The molecule has 0 atom stereocenters. The van der Waals surface area contributed by atoms with Gasteiger partial charge in [-0.2, -0.15) is 4.37 Å². The first kappa shape index (κ1) is 16.7. The van der Waals surface area contributed by atoms with E-state index in [2.05, 4.69) is 26.8 Å². The molecule has 0 radical (unpaired) electrons. The lowest BCUT2D eigenvalue weighted by atomic mass is 10.1. The fraction of sp³-hybridized carbons (Fsp3) is 0.222. The maximum atomic E-state index is 5.99. The number of methoxy groups -OCH3 is 1. The molecule has 1 heterocycles. The zero-order valence-corrected chi connectivity index (χ0v) is 14.9. The molecule has 0 fully saturated rings. The van der Waals surface area contributed by atoms with Crippen LogP contribution in [0.5, 0.6) is 5.75 Å². The third-order valence-corrected chi connectivity index (χ3v) is 4.49. The number of benzene rings is 2. The van der Waals surface area contributed by atoms with Crippen molar-refractivity contribution >= 4 is 28.3 Å². The highest BCUT2D eigenvalue weighted by Crippen LogP contribution is 2.18. The minimum atomic E-state index is 0.698. The Bertz CT molecular complexity index is 806. The Morgan fingerprint density at radius 3 is 2.79 bits per heavy atom. The first-order valence-electron chi connectivity index (χ1n) is 7.67. The van der Waals surface area contributed by atoms with Crippen molar-refractivity contribution in [3.8, 4) is 5.75 Å². The third-order valence-electron chi connectivity index (χ3n) is 3.54. The molecule has 0 amide bonds. The maximum Gasteiger partial charge on any atom is 0.202 e. The number of rotatable bonds is 7. The summed E-state index contributed by atoms with van der Waals surface area (Å²) in [6.07, 6.45) is 1.59. The van der Waals surface area contributed by atoms with Gasteiger partial charge in [0, 0.05) is 29.5 Å². The van der Waals surface area contributed by atoms with E-state index in [0.717, 1.165) is 40.3 Å². The summed E-state index contributed by atoms with van der Waals surface area (Å²) >= 11 is 7.38. The first-order valence-corrected chi connectivity index (χ1v) is 8.82. The van der Waals surface area contributed by atoms with Crippen LogP contribution < -0.4 is 10.1 Å². The average Bonchev–Trinajstić information content (AvgIpc) is 3.02. The Balaban J connectivity index is 1.53. The van der Waals surface area contributed by atoms with Crippen molar-refractivity contribution in [1.82, 2.24) is 9.36 Å². The van der Waals surface area contributed by atoms with Crippen LogP contribution in [0.25, 0.3) is 0 Å². The van der Waals surface area contributed by atoms with Gasteiger partial charge in [0.05, 0.1) is 7.11 Å². The second kappa shape index (κ2) is 8.13. The zero-order chi connectivity index (χ0) is 16.8. The van der Waals surface area contributed by atoms with Crippen molar-refractivity contribution in [2.75, 3.05) is 19.0 Å². The Morgan fingerprint density at radius 1 is 1.12 bits per heavy atom. The molecule has 0 bridgehead atoms. The molecule has 3 rings (SSSR count). The highest BCUT2D eigenvalue weighted by molar-refractivity contribution is 7.09. The summed E-state index contributed by atoms with van der Waals surface area (Å²) in [5.74, 6) is 1.67. The van der Waals surface area contributed by atoms with Crippen LogP contribution in [0.15, 0.2) is 48.5 Å². The molecule has 6 heteroatoms. The van der Waals surface area contributed by atoms with Crippen LogP contribution in [-0.4, -0.2) is 23.0 Å². The van der Waals surface area contributed by atoms with Crippen LogP contribution >= 0.6 is 23.1 Å². The summed E-state index contributed by atoms with van der Waals surface area (Å²) in [6, 6.07) is 15.9. The van der Waals surface area contributed by atoms with Crippen LogP contribution in [-0.2, 0) is 12.8 Å². The molecule has 24 heavy (non-hydrogen) atoms. The number of hydrogen-bond donors (Lipinski definition) is 1. The number of halogens is 1. The Kier molecular flexibility index (Phi) is 5.67. The lowest BCUT2D eigenvalue weighted by Crippen LogP contribution is -2.04. The van der Waals surface area contributed by atoms with Crippen molar-refractivity contribution in [1.29, 1.82) is 0 Å². The molecule has 4 nitrogen and oxygen atoms in total. The molecule has 1 aromatic heterocycles. The SMILES string of the molecule is COc1cccc(Cc2nsc(NCCc3cccc(Cl)c3)n2)c1. The Morgan fingerprint density at radius 2 is 1.96 bits per heavy atom. The number of anilines is 1. The van der Waals surface area contributed by atoms with Gasteiger partial charge in [0.1, 0.15) is 11.6 Å². The van der Waals surface area contributed by atoms with E-state index in [1.54, 1.807) is 7.11 Å². The predicted octanol–water partition coefficient (Wildman–Crippen LogP) is 4.45. The molecule has 0 unspecified atom stereocenters. The van der Waals surface area contributed by atoms with Gasteiger partial charge in [-0.1, -0.05) is 35.9 Å². The summed E-state index contributed by atoms with van der Waals surface area (Å²) in [4.78, 5) is 4.54. The summed E-state index contributed by atoms with van der Waals surface area (Å²) < 4.78 is 9.65. The van der Waals surface area contributed by atoms with E-state index in [9.17, 15) is 0 Å². The largest absolute Gasteiger partial charge is 0.497 e. The summed E-state index contributed by atoms with van der Waals surface area (Å²) in [5.41, 5.74) is 2.34. The molecule has 0 aliphatic rings. The monoisotopic (exact) mass is 359 g/mol. The lowest BCUT2D eigenvalue weighted by Gasteiger charge is -2.03. The molecule has 1 N–H and O–H groups in total. The van der Waals surface area contributed by atoms with E-state index in [-0.39, 0.29) is 0 Å². The van der Waals surface area contributed by atoms with Crippen LogP contribution in [0.3, 0.4) is 0 Å². The van der Waals surface area contributed by atoms with E-state index in [1.807, 2.05) is 36.4 Å². The third kappa shape index (κ3) is 4.69. The van der Waals surface area contributed by atoms with E-state index in [4.69, 9.17) is 16.3 Å². The van der Waals surface area contributed by atoms with E-state index < -0.39 is 0 Å². The zero-order valence-electron chi connectivity index (χ0n) is 13.3. The van der Waals surface area contributed by atoms with Gasteiger partial charge in [-0.05, 0) is 41.8 Å². The van der Waals surface area contributed by atoms with E-state index in [0.29, 0.717) is 6.42 Å². The minimum absolute atomic E-state index is 0.698. The lowest BCUT2D eigenvalue weighted by molar-refractivity contribution is 0.414. The molecular formula is C18H18ClN3OS. The van der Waals surface area contributed by atoms with Gasteiger partial charge < -0.3 is 10.1 Å². The molecule has 2 aromatic carbocycles. The Labute approximate surface area is 150 Å². The second-order valence-corrected chi connectivity index (χ2v) is 6.54. The predicted molar refractivity (Wildman–Crippen MR) is 99.4 cm³/mol. The summed E-state index contributed by atoms with van der Waals surface area (Å²) in [5, 5.41) is 4.93. The Hall–Kier alpha value is -2.11. The molecule has 124 valence electrons. The minimum Gasteiger partial charge on any atom is -0.497 e. The van der Waals surface area contributed by atoms with Gasteiger partial charge in [-0.3, -0.25) is 0 Å². The molecule has 0 aliphatic carbocycles. The van der Waals surface area contributed by atoms with Crippen molar-refractivity contribution in [2.24, 2.45) is 0 Å². The van der Waals surface area contributed by atoms with Gasteiger partial charge in [0.2, 0.25) is 5.13 Å². The quantitative estimate of drug-likeness (QED) is 0.677. The molecule has 0 spiro atoms. The van der Waals surface area contributed by atoms with Crippen molar-refractivity contribution in [2.45, 2.75) is 12.8 Å². The molecule has 3 aromatic rings. The number of hydrogen-bond acceptors (Lipinski definition) is 5. The van der Waals surface area contributed by atoms with Crippen molar-refractivity contribution in [3.63, 3.8) is 0 Å². The molecule has 0 aliphatic heterocycles. The fourth-order valence-corrected chi connectivity index (χ4v) is 3.19. The smallest absolute Gasteiger partial charge is 0.202 e. The summed E-state index contributed by atoms with van der Waals surface area (Å²) in [7, 11) is 1.67. The van der Waals surface area contributed by atoms with Crippen LogP contribution in [0.2, 0.25) is 5.02 Å². The van der Waals surface area contributed by atoms with Gasteiger partial charge in [-0.15, -0.1) is 0 Å². The second-order valence-electron chi connectivity index (χ2n) is 5.35. The fourth-order valence-electron chi connectivity index (χ4n) is 2.37. The highest BCUT2D eigenvalue weighted by Gasteiger charge is 2.06. The number of nitrogens with zero attached hydrogens (tertiary/aromatic N) is 2. The van der Waals surface area contributed by atoms with Crippen LogP contribution in [0.4, 0.5) is 5.13 Å². The standard InChI is InChI=1S/C18H18ClN3OS/c1-23-16-7-3-5-14(11-16)12-17-21-18(24-22-17)20-9-8-13-4-2-6-15(19)10-13/h2-7,10-11H,8-9,12H2,1H3,(H,20,21,22). The van der Waals surface area contributed by atoms with Crippen LogP contribution in [0, 0.1) is 0 Å². The normalized spacial score (nSPS) is 10.6. The molecule has 0 saturated carbocycles. The van der Waals surface area contributed by atoms with Crippen LogP contribution in [0.1, 0.15) is 17.0 Å². The number of aromatic nitrogens is 2. The van der Waals surface area contributed by atoms with Gasteiger partial charge in [0.25, 0.3) is 0 Å². The number of nitrogens with one attached hydrogen (secondary N) is 1. The summed E-state index contributed by atoms with van der Waals surface area (Å²) in [6.45, 7) is 0.800. The van der Waals surface area contributed by atoms with Gasteiger partial charge >= 0.3 is 0 Å². The topological polar surface area (TPSA) is 47.0 Å². The van der Waals surface area contributed by atoms with Gasteiger partial charge in [0.15, 0.2) is 0 Å².